The van der Waals surface area contributed by atoms with E-state index in [4.69, 9.17) is 4.74 Å². The van der Waals surface area contributed by atoms with Crippen molar-refractivity contribution in [1.29, 1.82) is 0 Å². The highest BCUT2D eigenvalue weighted by Crippen LogP contribution is 2.11. The fraction of sp³-hybridized carbons (Fsp3) is 0.455. The third kappa shape index (κ3) is 6.16. The Labute approximate surface area is 111 Å². The zero-order valence-electron chi connectivity index (χ0n) is 9.65. The molecule has 96 valence electrons. The topological polar surface area (TPSA) is 55.4 Å². The van der Waals surface area contributed by atoms with Crippen molar-refractivity contribution >= 4 is 26.0 Å². The first kappa shape index (κ1) is 14.6. The molecule has 0 atom stereocenters. The third-order valence-electron chi connectivity index (χ3n) is 2.09. The molecule has 0 aromatic heterocycles. The van der Waals surface area contributed by atoms with E-state index in [1.807, 2.05) is 31.2 Å². The maximum absolute atomic E-state index is 11.6. The van der Waals surface area contributed by atoms with Gasteiger partial charge in [-0.15, -0.1) is 0 Å². The molecule has 0 fully saturated rings. The smallest absolute Gasteiger partial charge is 0.214 e. The van der Waals surface area contributed by atoms with Gasteiger partial charge in [-0.1, -0.05) is 28.1 Å². The number of rotatable bonds is 7. The van der Waals surface area contributed by atoms with Gasteiger partial charge in [0.1, 0.15) is 0 Å². The van der Waals surface area contributed by atoms with Crippen molar-refractivity contribution in [2.75, 3.05) is 19.0 Å². The van der Waals surface area contributed by atoms with Gasteiger partial charge >= 0.3 is 0 Å². The van der Waals surface area contributed by atoms with Gasteiger partial charge in [0.15, 0.2) is 0 Å². The molecule has 1 aromatic carbocycles. The van der Waals surface area contributed by atoms with E-state index >= 15 is 0 Å². The van der Waals surface area contributed by atoms with Crippen LogP contribution in [0.5, 0.6) is 0 Å². The molecule has 0 saturated carbocycles. The molecule has 0 amide bonds. The maximum Gasteiger partial charge on any atom is 0.214 e. The fourth-order valence-electron chi connectivity index (χ4n) is 1.23. The highest BCUT2D eigenvalue weighted by Gasteiger charge is 2.09. The van der Waals surface area contributed by atoms with Crippen molar-refractivity contribution < 1.29 is 13.2 Å². The van der Waals surface area contributed by atoms with Gasteiger partial charge in [0.05, 0.1) is 12.4 Å². The molecule has 17 heavy (non-hydrogen) atoms. The third-order valence-corrected chi connectivity index (χ3v) is 3.87. The largest absolute Gasteiger partial charge is 0.381 e. The summed E-state index contributed by atoms with van der Waals surface area (Å²) in [6, 6.07) is 7.52. The second-order valence-electron chi connectivity index (χ2n) is 3.47. The van der Waals surface area contributed by atoms with Gasteiger partial charge in [0.2, 0.25) is 10.0 Å². The number of nitrogens with one attached hydrogen (secondary N) is 1. The van der Waals surface area contributed by atoms with Gasteiger partial charge < -0.3 is 4.74 Å². The summed E-state index contributed by atoms with van der Waals surface area (Å²) in [5.41, 5.74) is 0.916. The van der Waals surface area contributed by atoms with Gasteiger partial charge in [-0.05, 0) is 24.6 Å². The average molecular weight is 322 g/mol. The summed E-state index contributed by atoms with van der Waals surface area (Å²) >= 11 is 3.34. The van der Waals surface area contributed by atoms with Crippen LogP contribution in [-0.4, -0.2) is 27.4 Å². The minimum absolute atomic E-state index is 0.00512. The number of hydrogen-bond acceptors (Lipinski definition) is 3. The Morgan fingerprint density at radius 3 is 2.82 bits per heavy atom. The zero-order valence-corrected chi connectivity index (χ0v) is 12.1. The Bertz CT molecular complexity index is 448. The summed E-state index contributed by atoms with van der Waals surface area (Å²) in [7, 11) is -3.26. The van der Waals surface area contributed by atoms with Crippen molar-refractivity contribution in [1.82, 2.24) is 4.72 Å². The van der Waals surface area contributed by atoms with E-state index in [0.29, 0.717) is 13.2 Å². The van der Waals surface area contributed by atoms with Crippen LogP contribution in [0.4, 0.5) is 0 Å². The van der Waals surface area contributed by atoms with Gasteiger partial charge in [-0.2, -0.15) is 0 Å². The SMILES string of the molecule is CCOCCS(=O)(=O)NCc1cccc(Br)c1. The lowest BCUT2D eigenvalue weighted by atomic mass is 10.2. The zero-order chi connectivity index (χ0) is 12.7. The van der Waals surface area contributed by atoms with Gasteiger partial charge in [0, 0.05) is 17.6 Å². The van der Waals surface area contributed by atoms with Crippen LogP contribution in [0.3, 0.4) is 0 Å². The molecule has 0 unspecified atom stereocenters. The van der Waals surface area contributed by atoms with E-state index in [-0.39, 0.29) is 12.4 Å². The Morgan fingerprint density at radius 2 is 2.18 bits per heavy atom. The Kier molecular flexibility index (Phi) is 6.11. The quantitative estimate of drug-likeness (QED) is 0.780. The molecule has 1 aromatic rings. The fourth-order valence-corrected chi connectivity index (χ4v) is 2.54. The molecule has 1 N–H and O–H groups in total. The number of sulfonamides is 1. The molecule has 4 nitrogen and oxygen atoms in total. The first-order valence-electron chi connectivity index (χ1n) is 5.33. The number of benzene rings is 1. The summed E-state index contributed by atoms with van der Waals surface area (Å²) in [6.45, 7) is 2.89. The number of hydrogen-bond donors (Lipinski definition) is 1. The monoisotopic (exact) mass is 321 g/mol. The molecule has 0 spiro atoms. The highest BCUT2D eigenvalue weighted by atomic mass is 79.9. The van der Waals surface area contributed by atoms with Gasteiger partial charge in [0.25, 0.3) is 0 Å². The molecule has 0 saturated heterocycles. The van der Waals surface area contributed by atoms with Crippen LogP contribution in [-0.2, 0) is 21.3 Å². The predicted molar refractivity (Wildman–Crippen MR) is 71.3 cm³/mol. The summed E-state index contributed by atoms with van der Waals surface area (Å²) in [6.07, 6.45) is 0. The Balaban J connectivity index is 2.44. The van der Waals surface area contributed by atoms with E-state index in [9.17, 15) is 8.42 Å². The van der Waals surface area contributed by atoms with E-state index < -0.39 is 10.0 Å². The van der Waals surface area contributed by atoms with Gasteiger partial charge in [-0.3, -0.25) is 0 Å². The lowest BCUT2D eigenvalue weighted by Crippen LogP contribution is -2.28. The molecule has 0 bridgehead atoms. The highest BCUT2D eigenvalue weighted by molar-refractivity contribution is 9.10. The first-order valence-corrected chi connectivity index (χ1v) is 7.77. The van der Waals surface area contributed by atoms with Crippen LogP contribution in [0.2, 0.25) is 0 Å². The van der Waals surface area contributed by atoms with Crippen molar-refractivity contribution in [3.05, 3.63) is 34.3 Å². The van der Waals surface area contributed by atoms with E-state index in [1.165, 1.54) is 0 Å². The van der Waals surface area contributed by atoms with Crippen LogP contribution in [0.15, 0.2) is 28.7 Å². The standard InChI is InChI=1S/C11H16BrNO3S/c1-2-16-6-7-17(14,15)13-9-10-4-3-5-11(12)8-10/h3-5,8,13H,2,6-7,9H2,1H3. The number of ether oxygens (including phenoxy) is 1. The summed E-state index contributed by atoms with van der Waals surface area (Å²) in [5.74, 6) is -0.00512. The van der Waals surface area contributed by atoms with Crippen molar-refractivity contribution in [3.63, 3.8) is 0 Å². The van der Waals surface area contributed by atoms with Crippen molar-refractivity contribution in [2.45, 2.75) is 13.5 Å². The molecule has 0 aliphatic rings. The first-order chi connectivity index (χ1) is 8.03. The molecule has 0 aliphatic carbocycles. The molecular formula is C11H16BrNO3S. The summed E-state index contributed by atoms with van der Waals surface area (Å²) < 4.78 is 31.6. The van der Waals surface area contributed by atoms with Crippen molar-refractivity contribution in [3.8, 4) is 0 Å². The van der Waals surface area contributed by atoms with Crippen LogP contribution in [0.1, 0.15) is 12.5 Å². The lowest BCUT2D eigenvalue weighted by Gasteiger charge is -2.07. The predicted octanol–water partition coefficient (Wildman–Crippen LogP) is 1.90. The minimum Gasteiger partial charge on any atom is -0.381 e. The van der Waals surface area contributed by atoms with E-state index in [2.05, 4.69) is 20.7 Å². The summed E-state index contributed by atoms with van der Waals surface area (Å²) in [4.78, 5) is 0. The molecule has 6 heteroatoms. The summed E-state index contributed by atoms with van der Waals surface area (Å²) in [5, 5.41) is 0. The lowest BCUT2D eigenvalue weighted by molar-refractivity contribution is 0.163. The molecular weight excluding hydrogens is 306 g/mol. The van der Waals surface area contributed by atoms with E-state index in [1.54, 1.807) is 0 Å². The van der Waals surface area contributed by atoms with Crippen LogP contribution in [0, 0.1) is 0 Å². The maximum atomic E-state index is 11.6. The van der Waals surface area contributed by atoms with Crippen LogP contribution >= 0.6 is 15.9 Å². The second-order valence-corrected chi connectivity index (χ2v) is 6.31. The number of halogens is 1. The molecule has 0 radical (unpaired) electrons. The van der Waals surface area contributed by atoms with E-state index in [0.717, 1.165) is 10.0 Å². The Hall–Kier alpha value is -0.430. The normalized spacial score (nSPS) is 11.6. The van der Waals surface area contributed by atoms with Crippen LogP contribution in [0.25, 0.3) is 0 Å². The molecule has 0 aliphatic heterocycles. The molecule has 0 heterocycles. The second kappa shape index (κ2) is 7.10. The average Bonchev–Trinajstić information content (AvgIpc) is 2.27. The Morgan fingerprint density at radius 1 is 1.41 bits per heavy atom. The van der Waals surface area contributed by atoms with Crippen molar-refractivity contribution in [2.24, 2.45) is 0 Å². The van der Waals surface area contributed by atoms with Gasteiger partial charge in [-0.25, -0.2) is 13.1 Å². The van der Waals surface area contributed by atoms with Crippen LogP contribution < -0.4 is 4.72 Å². The molecule has 1 rings (SSSR count). The minimum atomic E-state index is -3.26.